The lowest BCUT2D eigenvalue weighted by atomic mass is 10.1. The summed E-state index contributed by atoms with van der Waals surface area (Å²) in [6.45, 7) is 4.67. The monoisotopic (exact) mass is 403 g/mol. The molecule has 1 N–H and O–H groups in total. The van der Waals surface area contributed by atoms with E-state index in [0.29, 0.717) is 6.42 Å². The zero-order valence-electron chi connectivity index (χ0n) is 16.9. The first-order valence-electron chi connectivity index (χ1n) is 10.3. The predicted molar refractivity (Wildman–Crippen MR) is 119 cm³/mol. The van der Waals surface area contributed by atoms with Gasteiger partial charge < -0.3 is 10.2 Å². The molecular formula is C25H26FN3O. The highest BCUT2D eigenvalue weighted by Crippen LogP contribution is 2.20. The van der Waals surface area contributed by atoms with Crippen LogP contribution in [-0.2, 0) is 17.8 Å². The Kier molecular flexibility index (Phi) is 6.40. The molecule has 30 heavy (non-hydrogen) atoms. The Bertz CT molecular complexity index is 950. The summed E-state index contributed by atoms with van der Waals surface area (Å²) in [4.78, 5) is 17.0. The number of amides is 1. The van der Waals surface area contributed by atoms with Gasteiger partial charge in [-0.05, 0) is 47.5 Å². The number of benzene rings is 3. The Morgan fingerprint density at radius 1 is 0.800 bits per heavy atom. The minimum Gasteiger partial charge on any atom is -0.369 e. The van der Waals surface area contributed by atoms with Gasteiger partial charge in [0.1, 0.15) is 5.82 Å². The highest BCUT2D eigenvalue weighted by Gasteiger charge is 2.17. The third-order valence-corrected chi connectivity index (χ3v) is 5.42. The first kappa shape index (κ1) is 20.1. The van der Waals surface area contributed by atoms with Crippen molar-refractivity contribution in [2.75, 3.05) is 36.4 Å². The van der Waals surface area contributed by atoms with E-state index in [0.717, 1.165) is 55.2 Å². The van der Waals surface area contributed by atoms with Crippen LogP contribution in [0.25, 0.3) is 0 Å². The molecule has 1 amide bonds. The standard InChI is InChI=1S/C25H26FN3O/c26-22-8-6-21(7-9-22)19-28-14-16-29(17-15-28)24-12-10-23(11-13-24)27-25(30)18-20-4-2-1-3-5-20/h1-13H,14-19H2,(H,27,30). The molecule has 0 bridgehead atoms. The van der Waals surface area contributed by atoms with Gasteiger partial charge >= 0.3 is 0 Å². The maximum absolute atomic E-state index is 13.1. The molecule has 0 aromatic heterocycles. The second-order valence-corrected chi connectivity index (χ2v) is 7.65. The number of carbonyl (C=O) groups is 1. The molecule has 0 unspecified atom stereocenters. The van der Waals surface area contributed by atoms with Gasteiger partial charge in [0.2, 0.25) is 5.91 Å². The lowest BCUT2D eigenvalue weighted by Gasteiger charge is -2.36. The average molecular weight is 404 g/mol. The van der Waals surface area contributed by atoms with Crippen LogP contribution in [0.4, 0.5) is 15.8 Å². The number of piperazine rings is 1. The fourth-order valence-electron chi connectivity index (χ4n) is 3.75. The minimum atomic E-state index is -0.191. The second-order valence-electron chi connectivity index (χ2n) is 7.65. The molecule has 0 atom stereocenters. The zero-order valence-corrected chi connectivity index (χ0v) is 16.9. The van der Waals surface area contributed by atoms with E-state index in [-0.39, 0.29) is 11.7 Å². The number of halogens is 1. The lowest BCUT2D eigenvalue weighted by molar-refractivity contribution is -0.115. The first-order valence-corrected chi connectivity index (χ1v) is 10.3. The van der Waals surface area contributed by atoms with E-state index in [4.69, 9.17) is 0 Å². The maximum Gasteiger partial charge on any atom is 0.228 e. The van der Waals surface area contributed by atoms with Crippen molar-refractivity contribution in [1.82, 2.24) is 4.90 Å². The van der Waals surface area contributed by atoms with Crippen LogP contribution in [0.1, 0.15) is 11.1 Å². The summed E-state index contributed by atoms with van der Waals surface area (Å²) in [6.07, 6.45) is 0.374. The largest absolute Gasteiger partial charge is 0.369 e. The topological polar surface area (TPSA) is 35.6 Å². The molecule has 1 fully saturated rings. The van der Waals surface area contributed by atoms with Gasteiger partial charge in [0, 0.05) is 44.1 Å². The van der Waals surface area contributed by atoms with Gasteiger partial charge in [0.25, 0.3) is 0 Å². The highest BCUT2D eigenvalue weighted by atomic mass is 19.1. The molecule has 1 saturated heterocycles. The fourth-order valence-corrected chi connectivity index (χ4v) is 3.75. The normalized spacial score (nSPS) is 14.5. The number of rotatable bonds is 6. The van der Waals surface area contributed by atoms with Crippen molar-refractivity contribution in [1.29, 1.82) is 0 Å². The SMILES string of the molecule is O=C(Cc1ccccc1)Nc1ccc(N2CCN(Cc3ccc(F)cc3)CC2)cc1. The van der Waals surface area contributed by atoms with Crippen molar-refractivity contribution in [3.05, 3.63) is 95.8 Å². The molecule has 0 spiro atoms. The van der Waals surface area contributed by atoms with Gasteiger partial charge in [-0.3, -0.25) is 9.69 Å². The highest BCUT2D eigenvalue weighted by molar-refractivity contribution is 5.92. The van der Waals surface area contributed by atoms with Crippen LogP contribution in [0.5, 0.6) is 0 Å². The van der Waals surface area contributed by atoms with Crippen molar-refractivity contribution in [3.63, 3.8) is 0 Å². The van der Waals surface area contributed by atoms with Crippen molar-refractivity contribution >= 4 is 17.3 Å². The Morgan fingerprint density at radius 3 is 2.13 bits per heavy atom. The van der Waals surface area contributed by atoms with E-state index in [1.54, 1.807) is 0 Å². The Morgan fingerprint density at radius 2 is 1.47 bits per heavy atom. The van der Waals surface area contributed by atoms with Crippen LogP contribution in [0, 0.1) is 5.82 Å². The van der Waals surface area contributed by atoms with Crippen molar-refractivity contribution < 1.29 is 9.18 Å². The first-order chi connectivity index (χ1) is 14.7. The van der Waals surface area contributed by atoms with Crippen molar-refractivity contribution in [2.45, 2.75) is 13.0 Å². The summed E-state index contributed by atoms with van der Waals surface area (Å²) < 4.78 is 13.1. The van der Waals surface area contributed by atoms with Gasteiger partial charge in [-0.25, -0.2) is 4.39 Å². The summed E-state index contributed by atoms with van der Waals surface area (Å²) >= 11 is 0. The third-order valence-electron chi connectivity index (χ3n) is 5.42. The minimum absolute atomic E-state index is 0.0108. The van der Waals surface area contributed by atoms with E-state index >= 15 is 0 Å². The molecule has 3 aromatic carbocycles. The maximum atomic E-state index is 13.1. The number of carbonyl (C=O) groups excluding carboxylic acids is 1. The lowest BCUT2D eigenvalue weighted by Crippen LogP contribution is -2.45. The molecule has 154 valence electrons. The number of nitrogens with one attached hydrogen (secondary N) is 1. The predicted octanol–water partition coefficient (Wildman–Crippen LogP) is 4.33. The summed E-state index contributed by atoms with van der Waals surface area (Å²) in [7, 11) is 0. The fraction of sp³-hybridized carbons (Fsp3) is 0.240. The Balaban J connectivity index is 1.26. The number of hydrogen-bond donors (Lipinski definition) is 1. The summed E-state index contributed by atoms with van der Waals surface area (Å²) in [5.41, 5.74) is 4.12. The molecule has 0 saturated carbocycles. The van der Waals surface area contributed by atoms with Crippen LogP contribution in [0.3, 0.4) is 0 Å². The molecule has 1 aliphatic heterocycles. The number of hydrogen-bond acceptors (Lipinski definition) is 3. The van der Waals surface area contributed by atoms with E-state index in [9.17, 15) is 9.18 Å². The quantitative estimate of drug-likeness (QED) is 0.666. The van der Waals surface area contributed by atoms with Crippen LogP contribution in [0.2, 0.25) is 0 Å². The zero-order chi connectivity index (χ0) is 20.8. The molecule has 4 nitrogen and oxygen atoms in total. The van der Waals surface area contributed by atoms with Crippen LogP contribution < -0.4 is 10.2 Å². The summed E-state index contributed by atoms with van der Waals surface area (Å²) in [5, 5.41) is 2.97. The van der Waals surface area contributed by atoms with Gasteiger partial charge in [-0.2, -0.15) is 0 Å². The number of anilines is 2. The van der Waals surface area contributed by atoms with Crippen molar-refractivity contribution in [2.24, 2.45) is 0 Å². The third kappa shape index (κ3) is 5.45. The van der Waals surface area contributed by atoms with E-state index < -0.39 is 0 Å². The molecule has 5 heteroatoms. The second kappa shape index (κ2) is 9.55. The molecule has 0 radical (unpaired) electrons. The summed E-state index contributed by atoms with van der Waals surface area (Å²) in [5.74, 6) is -0.202. The van der Waals surface area contributed by atoms with Gasteiger partial charge in [-0.15, -0.1) is 0 Å². The van der Waals surface area contributed by atoms with Gasteiger partial charge in [0.15, 0.2) is 0 Å². The molecule has 4 rings (SSSR count). The van der Waals surface area contributed by atoms with Crippen LogP contribution in [-0.4, -0.2) is 37.0 Å². The smallest absolute Gasteiger partial charge is 0.228 e. The van der Waals surface area contributed by atoms with E-state index in [2.05, 4.69) is 27.2 Å². The molecule has 1 aliphatic rings. The van der Waals surface area contributed by atoms with Crippen molar-refractivity contribution in [3.8, 4) is 0 Å². The number of nitrogens with zero attached hydrogens (tertiary/aromatic N) is 2. The van der Waals surface area contributed by atoms with Gasteiger partial charge in [0.05, 0.1) is 6.42 Å². The molecule has 1 heterocycles. The van der Waals surface area contributed by atoms with E-state index in [1.807, 2.05) is 54.6 Å². The Labute approximate surface area is 176 Å². The van der Waals surface area contributed by atoms with Crippen LogP contribution >= 0.6 is 0 Å². The molecular weight excluding hydrogens is 377 g/mol. The molecule has 0 aliphatic carbocycles. The summed E-state index contributed by atoms with van der Waals surface area (Å²) in [6, 6.07) is 24.5. The average Bonchev–Trinajstić information content (AvgIpc) is 2.77. The van der Waals surface area contributed by atoms with E-state index in [1.165, 1.54) is 12.1 Å². The van der Waals surface area contributed by atoms with Crippen LogP contribution in [0.15, 0.2) is 78.9 Å². The Hall–Kier alpha value is -3.18. The molecule has 3 aromatic rings. The van der Waals surface area contributed by atoms with Gasteiger partial charge in [-0.1, -0.05) is 42.5 Å².